The van der Waals surface area contributed by atoms with E-state index in [-0.39, 0.29) is 11.5 Å². The molecule has 19 heavy (non-hydrogen) atoms. The second kappa shape index (κ2) is 5.52. The number of nitrogens with zero attached hydrogens (tertiary/aromatic N) is 1. The Bertz CT molecular complexity index is 647. The molecular formula is C13H10FIN2O2. The van der Waals surface area contributed by atoms with Crippen molar-refractivity contribution in [2.24, 2.45) is 0 Å². The summed E-state index contributed by atoms with van der Waals surface area (Å²) in [6.07, 6.45) is 0. The predicted octanol–water partition coefficient (Wildman–Crippen LogP) is 4.39. The minimum atomic E-state index is -0.446. The molecule has 0 aliphatic rings. The van der Waals surface area contributed by atoms with Gasteiger partial charge < -0.3 is 5.32 Å². The standard InChI is InChI=1S/C13H10FIN2O2/c1-8-2-4-12(10(14)6-8)16-9-3-5-13(17(18)19)11(15)7-9/h2-7,16H,1H3. The molecule has 2 aromatic carbocycles. The highest BCUT2D eigenvalue weighted by molar-refractivity contribution is 14.1. The third kappa shape index (κ3) is 3.19. The number of hydrogen-bond donors (Lipinski definition) is 1. The highest BCUT2D eigenvalue weighted by Gasteiger charge is 2.12. The summed E-state index contributed by atoms with van der Waals surface area (Å²) in [6, 6.07) is 9.42. The second-order valence-electron chi connectivity index (χ2n) is 4.03. The smallest absolute Gasteiger partial charge is 0.282 e. The molecule has 0 saturated carbocycles. The largest absolute Gasteiger partial charge is 0.353 e. The van der Waals surface area contributed by atoms with Crippen LogP contribution >= 0.6 is 22.6 Å². The van der Waals surface area contributed by atoms with Gasteiger partial charge in [0.05, 0.1) is 14.2 Å². The van der Waals surface area contributed by atoms with Crippen molar-refractivity contribution in [3.05, 3.63) is 61.5 Å². The van der Waals surface area contributed by atoms with E-state index in [0.717, 1.165) is 5.56 Å². The molecule has 98 valence electrons. The summed E-state index contributed by atoms with van der Waals surface area (Å²) in [5.41, 5.74) is 1.82. The average Bonchev–Trinajstić information content (AvgIpc) is 2.32. The van der Waals surface area contributed by atoms with Crippen LogP contribution in [0.15, 0.2) is 36.4 Å². The zero-order valence-electron chi connectivity index (χ0n) is 9.98. The van der Waals surface area contributed by atoms with Crippen molar-refractivity contribution >= 4 is 39.7 Å². The molecular weight excluding hydrogens is 362 g/mol. The van der Waals surface area contributed by atoms with Crippen molar-refractivity contribution < 1.29 is 9.31 Å². The van der Waals surface area contributed by atoms with Crippen LogP contribution in [-0.2, 0) is 0 Å². The lowest BCUT2D eigenvalue weighted by atomic mass is 10.2. The first kappa shape index (κ1) is 13.7. The Morgan fingerprint density at radius 1 is 1.26 bits per heavy atom. The minimum Gasteiger partial charge on any atom is -0.353 e. The van der Waals surface area contributed by atoms with Gasteiger partial charge in [-0.15, -0.1) is 0 Å². The number of nitrogens with one attached hydrogen (secondary N) is 1. The maximum Gasteiger partial charge on any atom is 0.282 e. The lowest BCUT2D eigenvalue weighted by Gasteiger charge is -2.08. The van der Waals surface area contributed by atoms with Crippen LogP contribution in [0, 0.1) is 26.4 Å². The number of halogens is 2. The molecule has 0 amide bonds. The van der Waals surface area contributed by atoms with Crippen molar-refractivity contribution in [3.8, 4) is 0 Å². The quantitative estimate of drug-likeness (QED) is 0.494. The van der Waals surface area contributed by atoms with Crippen molar-refractivity contribution in [3.63, 3.8) is 0 Å². The molecule has 0 aliphatic heterocycles. The van der Waals surface area contributed by atoms with Gasteiger partial charge in [-0.2, -0.15) is 0 Å². The van der Waals surface area contributed by atoms with Gasteiger partial charge in [0.25, 0.3) is 5.69 Å². The lowest BCUT2D eigenvalue weighted by molar-refractivity contribution is -0.385. The van der Waals surface area contributed by atoms with E-state index in [1.807, 2.05) is 29.5 Å². The molecule has 6 heteroatoms. The average molecular weight is 372 g/mol. The monoisotopic (exact) mass is 372 g/mol. The molecule has 0 aromatic heterocycles. The van der Waals surface area contributed by atoms with Gasteiger partial charge in [-0.3, -0.25) is 10.1 Å². The SMILES string of the molecule is Cc1ccc(Nc2ccc([N+](=O)[O-])c(I)c2)c(F)c1. The van der Waals surface area contributed by atoms with E-state index in [1.54, 1.807) is 24.3 Å². The molecule has 0 heterocycles. The van der Waals surface area contributed by atoms with E-state index in [4.69, 9.17) is 0 Å². The lowest BCUT2D eigenvalue weighted by Crippen LogP contribution is -1.96. The second-order valence-corrected chi connectivity index (χ2v) is 5.19. The molecule has 0 spiro atoms. The van der Waals surface area contributed by atoms with Gasteiger partial charge in [-0.1, -0.05) is 6.07 Å². The van der Waals surface area contributed by atoms with Crippen LogP contribution in [0.4, 0.5) is 21.5 Å². The first-order valence-electron chi connectivity index (χ1n) is 5.44. The van der Waals surface area contributed by atoms with Gasteiger partial charge >= 0.3 is 0 Å². The van der Waals surface area contributed by atoms with Crippen LogP contribution in [-0.4, -0.2) is 4.92 Å². The summed E-state index contributed by atoms with van der Waals surface area (Å²) in [7, 11) is 0. The molecule has 0 bridgehead atoms. The van der Waals surface area contributed by atoms with E-state index in [2.05, 4.69) is 5.32 Å². The molecule has 0 fully saturated rings. The first-order valence-corrected chi connectivity index (χ1v) is 6.52. The summed E-state index contributed by atoms with van der Waals surface area (Å²) >= 11 is 1.88. The number of rotatable bonds is 3. The Balaban J connectivity index is 2.29. The summed E-state index contributed by atoms with van der Waals surface area (Å²) in [5, 5.41) is 13.6. The van der Waals surface area contributed by atoms with E-state index < -0.39 is 4.92 Å². The minimum absolute atomic E-state index is 0.0375. The maximum absolute atomic E-state index is 13.7. The van der Waals surface area contributed by atoms with Crippen LogP contribution in [0.5, 0.6) is 0 Å². The molecule has 1 N–H and O–H groups in total. The van der Waals surface area contributed by atoms with Crippen LogP contribution < -0.4 is 5.32 Å². The third-order valence-electron chi connectivity index (χ3n) is 2.55. The molecule has 0 aliphatic carbocycles. The molecule has 0 unspecified atom stereocenters. The zero-order valence-corrected chi connectivity index (χ0v) is 12.1. The number of nitro groups is 1. The van der Waals surface area contributed by atoms with Gasteiger partial charge in [0.15, 0.2) is 0 Å². The first-order chi connectivity index (χ1) is 8.97. The fraction of sp³-hybridized carbons (Fsp3) is 0.0769. The van der Waals surface area contributed by atoms with Gasteiger partial charge in [-0.25, -0.2) is 4.39 Å². The fourth-order valence-corrected chi connectivity index (χ4v) is 2.32. The third-order valence-corrected chi connectivity index (χ3v) is 3.41. The Labute approximate surface area is 122 Å². The van der Waals surface area contributed by atoms with Crippen LogP contribution in [0.25, 0.3) is 0 Å². The molecule has 0 radical (unpaired) electrons. The Kier molecular flexibility index (Phi) is 3.98. The molecule has 2 aromatic rings. The van der Waals surface area contributed by atoms with E-state index >= 15 is 0 Å². The summed E-state index contributed by atoms with van der Waals surface area (Å²) in [6.45, 7) is 1.81. The van der Waals surface area contributed by atoms with Gasteiger partial charge in [0.1, 0.15) is 5.82 Å². The van der Waals surface area contributed by atoms with E-state index in [9.17, 15) is 14.5 Å². The number of aryl methyl sites for hydroxylation is 1. The predicted molar refractivity (Wildman–Crippen MR) is 80.2 cm³/mol. The van der Waals surface area contributed by atoms with Crippen molar-refractivity contribution in [1.29, 1.82) is 0 Å². The van der Waals surface area contributed by atoms with Gasteiger partial charge in [0.2, 0.25) is 0 Å². The molecule has 4 nitrogen and oxygen atoms in total. The number of nitro benzene ring substituents is 1. The topological polar surface area (TPSA) is 55.2 Å². The Hall–Kier alpha value is -1.70. The van der Waals surface area contributed by atoms with Crippen LogP contribution in [0.2, 0.25) is 0 Å². The van der Waals surface area contributed by atoms with Crippen molar-refractivity contribution in [2.45, 2.75) is 6.92 Å². The van der Waals surface area contributed by atoms with Crippen LogP contribution in [0.3, 0.4) is 0 Å². The van der Waals surface area contributed by atoms with Crippen molar-refractivity contribution in [2.75, 3.05) is 5.32 Å². The number of hydrogen-bond acceptors (Lipinski definition) is 3. The Morgan fingerprint density at radius 3 is 2.58 bits per heavy atom. The molecule has 2 rings (SSSR count). The summed E-state index contributed by atoms with van der Waals surface area (Å²) < 4.78 is 14.2. The normalized spacial score (nSPS) is 10.3. The Morgan fingerprint density at radius 2 is 2.00 bits per heavy atom. The zero-order chi connectivity index (χ0) is 14.0. The molecule has 0 atom stereocenters. The van der Waals surface area contributed by atoms with E-state index in [1.165, 1.54) is 12.1 Å². The van der Waals surface area contributed by atoms with Gasteiger partial charge in [-0.05, 0) is 59.3 Å². The highest BCUT2D eigenvalue weighted by Crippen LogP contribution is 2.27. The van der Waals surface area contributed by atoms with Crippen molar-refractivity contribution in [1.82, 2.24) is 0 Å². The maximum atomic E-state index is 13.7. The summed E-state index contributed by atoms with van der Waals surface area (Å²) in [5.74, 6) is -0.353. The highest BCUT2D eigenvalue weighted by atomic mass is 127. The molecule has 0 saturated heterocycles. The number of anilines is 2. The number of benzene rings is 2. The van der Waals surface area contributed by atoms with Crippen LogP contribution in [0.1, 0.15) is 5.56 Å². The fourth-order valence-electron chi connectivity index (χ4n) is 1.61. The van der Waals surface area contributed by atoms with E-state index in [0.29, 0.717) is 14.9 Å². The van der Waals surface area contributed by atoms with Gasteiger partial charge in [0, 0.05) is 11.8 Å². The summed E-state index contributed by atoms with van der Waals surface area (Å²) in [4.78, 5) is 10.3.